The van der Waals surface area contributed by atoms with E-state index in [1.165, 1.54) is 11.3 Å². The molecule has 2 rings (SSSR count). The lowest BCUT2D eigenvalue weighted by Crippen LogP contribution is -2.54. The Morgan fingerprint density at radius 1 is 1.18 bits per heavy atom. The molecule has 1 aromatic rings. The zero-order chi connectivity index (χ0) is 20.6. The molecule has 6 nitrogen and oxygen atoms in total. The molecule has 1 saturated heterocycles. The number of carbonyl (C=O) groups excluding carboxylic acids is 2. The van der Waals surface area contributed by atoms with Gasteiger partial charge < -0.3 is 15.3 Å². The van der Waals surface area contributed by atoms with Crippen molar-refractivity contribution in [2.45, 2.75) is 76.8 Å². The van der Waals surface area contributed by atoms with Crippen LogP contribution in [0.5, 0.6) is 0 Å². The minimum Gasteiger partial charge on any atom is -0.480 e. The van der Waals surface area contributed by atoms with Crippen molar-refractivity contribution in [3.8, 4) is 0 Å². The summed E-state index contributed by atoms with van der Waals surface area (Å²) in [4.78, 5) is 38.5. The minimum absolute atomic E-state index is 0.135. The number of rotatable bonds is 11. The quantitative estimate of drug-likeness (QED) is 0.570. The number of amides is 2. The Morgan fingerprint density at radius 2 is 1.86 bits per heavy atom. The maximum absolute atomic E-state index is 13.0. The van der Waals surface area contributed by atoms with E-state index >= 15 is 0 Å². The molecular formula is C22H32N2O4. The van der Waals surface area contributed by atoms with E-state index in [4.69, 9.17) is 0 Å². The molecule has 1 unspecified atom stereocenters. The van der Waals surface area contributed by atoms with Crippen LogP contribution in [0.3, 0.4) is 0 Å². The highest BCUT2D eigenvalue weighted by Crippen LogP contribution is 2.26. The number of carbonyl (C=O) groups is 3. The highest BCUT2D eigenvalue weighted by Gasteiger charge is 2.47. The van der Waals surface area contributed by atoms with Crippen molar-refractivity contribution in [2.24, 2.45) is 0 Å². The molecule has 0 aromatic heterocycles. The second kappa shape index (κ2) is 10.2. The molecule has 1 aliphatic heterocycles. The molecule has 154 valence electrons. The van der Waals surface area contributed by atoms with Gasteiger partial charge >= 0.3 is 5.97 Å². The van der Waals surface area contributed by atoms with Gasteiger partial charge in [-0.2, -0.15) is 0 Å². The summed E-state index contributed by atoms with van der Waals surface area (Å²) in [6.07, 6.45) is 6.34. The first kappa shape index (κ1) is 21.9. The van der Waals surface area contributed by atoms with Crippen LogP contribution in [0.25, 0.3) is 0 Å². The first-order valence-electron chi connectivity index (χ1n) is 10.3. The van der Waals surface area contributed by atoms with Crippen molar-refractivity contribution in [3.05, 3.63) is 35.9 Å². The van der Waals surface area contributed by atoms with E-state index in [0.29, 0.717) is 19.4 Å². The fourth-order valence-electron chi connectivity index (χ4n) is 3.71. The monoisotopic (exact) mass is 388 g/mol. The summed E-state index contributed by atoms with van der Waals surface area (Å²) in [6, 6.07) is 8.36. The fourth-order valence-corrected chi connectivity index (χ4v) is 3.71. The van der Waals surface area contributed by atoms with Crippen molar-refractivity contribution < 1.29 is 19.5 Å². The molecule has 2 N–H and O–H groups in total. The Bertz CT molecular complexity index is 676. The molecule has 2 amide bonds. The van der Waals surface area contributed by atoms with Gasteiger partial charge in [0.05, 0.1) is 0 Å². The van der Waals surface area contributed by atoms with Gasteiger partial charge in [0.2, 0.25) is 11.8 Å². The first-order chi connectivity index (χ1) is 13.4. The van der Waals surface area contributed by atoms with E-state index in [1.54, 1.807) is 6.92 Å². The third-order valence-corrected chi connectivity index (χ3v) is 5.44. The second-order valence-corrected chi connectivity index (χ2v) is 7.84. The van der Waals surface area contributed by atoms with Crippen LogP contribution in [-0.2, 0) is 20.8 Å². The third-order valence-electron chi connectivity index (χ3n) is 5.44. The molecule has 0 bridgehead atoms. The number of aliphatic carboxylic acids is 1. The molecule has 0 saturated carbocycles. The van der Waals surface area contributed by atoms with Gasteiger partial charge in [0, 0.05) is 19.4 Å². The van der Waals surface area contributed by atoms with Crippen molar-refractivity contribution >= 4 is 17.8 Å². The number of nitrogens with zero attached hydrogens (tertiary/aromatic N) is 1. The van der Waals surface area contributed by atoms with Crippen molar-refractivity contribution in [2.75, 3.05) is 6.54 Å². The van der Waals surface area contributed by atoms with E-state index in [-0.39, 0.29) is 18.2 Å². The maximum atomic E-state index is 13.0. The van der Waals surface area contributed by atoms with Crippen LogP contribution in [0.2, 0.25) is 0 Å². The number of carboxylic acids is 1. The van der Waals surface area contributed by atoms with E-state index in [9.17, 15) is 19.5 Å². The predicted molar refractivity (Wildman–Crippen MR) is 108 cm³/mol. The van der Waals surface area contributed by atoms with E-state index in [1.807, 2.05) is 30.3 Å². The Kier molecular flexibility index (Phi) is 8.03. The predicted octanol–water partition coefficient (Wildman–Crippen LogP) is 3.15. The Labute approximate surface area is 167 Å². The molecule has 1 aliphatic rings. The van der Waals surface area contributed by atoms with Crippen LogP contribution in [0, 0.1) is 0 Å². The highest BCUT2D eigenvalue weighted by molar-refractivity contribution is 5.95. The van der Waals surface area contributed by atoms with Crippen LogP contribution in [0.4, 0.5) is 0 Å². The van der Waals surface area contributed by atoms with Crippen molar-refractivity contribution in [1.29, 1.82) is 0 Å². The first-order valence-corrected chi connectivity index (χ1v) is 10.3. The summed E-state index contributed by atoms with van der Waals surface area (Å²) >= 11 is 0. The number of carboxylic acid groups (broad SMARTS) is 1. The molecule has 0 spiro atoms. The van der Waals surface area contributed by atoms with E-state index < -0.39 is 17.6 Å². The average Bonchev–Trinajstić information content (AvgIpc) is 2.95. The van der Waals surface area contributed by atoms with Crippen LogP contribution in [-0.4, -0.2) is 45.9 Å². The number of nitrogens with one attached hydrogen (secondary N) is 1. The van der Waals surface area contributed by atoms with E-state index in [0.717, 1.165) is 31.2 Å². The lowest BCUT2D eigenvalue weighted by molar-refractivity contribution is -0.150. The summed E-state index contributed by atoms with van der Waals surface area (Å²) in [5.74, 6) is -1.47. The molecular weight excluding hydrogens is 356 g/mol. The Balaban J connectivity index is 1.95. The van der Waals surface area contributed by atoms with Gasteiger partial charge in [0.25, 0.3) is 0 Å². The van der Waals surface area contributed by atoms with Gasteiger partial charge in [0.1, 0.15) is 11.6 Å². The van der Waals surface area contributed by atoms with E-state index in [2.05, 4.69) is 12.2 Å². The third kappa shape index (κ3) is 5.81. The lowest BCUT2D eigenvalue weighted by atomic mass is 9.99. The van der Waals surface area contributed by atoms with Crippen LogP contribution < -0.4 is 5.32 Å². The smallest absolute Gasteiger partial charge is 0.326 e. The van der Waals surface area contributed by atoms with Crippen molar-refractivity contribution in [3.63, 3.8) is 0 Å². The molecule has 6 heteroatoms. The van der Waals surface area contributed by atoms with Gasteiger partial charge in [-0.25, -0.2) is 4.79 Å². The zero-order valence-electron chi connectivity index (χ0n) is 16.9. The molecule has 2 atom stereocenters. The van der Waals surface area contributed by atoms with Crippen LogP contribution in [0.15, 0.2) is 30.3 Å². The van der Waals surface area contributed by atoms with Crippen LogP contribution in [0.1, 0.15) is 64.4 Å². The summed E-state index contributed by atoms with van der Waals surface area (Å²) in [5, 5.41) is 12.5. The van der Waals surface area contributed by atoms with Gasteiger partial charge in [-0.05, 0) is 25.3 Å². The molecule has 28 heavy (non-hydrogen) atoms. The van der Waals surface area contributed by atoms with Gasteiger partial charge in [-0.1, -0.05) is 62.9 Å². The Morgan fingerprint density at radius 3 is 2.50 bits per heavy atom. The largest absolute Gasteiger partial charge is 0.480 e. The molecule has 1 aromatic carbocycles. The number of likely N-dealkylation sites (tertiary alicyclic amines) is 1. The standard InChI is InChI=1S/C22H32N2O4/c1-3-4-5-6-10-13-19(25)23-22(2)14-15-24(21(22)28)18(20(26)27)16-17-11-8-7-9-12-17/h7-9,11-12,18H,3-6,10,13-16H2,1-2H3,(H,23,25)(H,26,27)/t18?,22-/m0/s1. The van der Waals surface area contributed by atoms with Crippen LogP contribution >= 0.6 is 0 Å². The van der Waals surface area contributed by atoms with Gasteiger partial charge in [-0.3, -0.25) is 9.59 Å². The minimum atomic E-state index is -1.02. The van der Waals surface area contributed by atoms with Crippen molar-refractivity contribution in [1.82, 2.24) is 10.2 Å². The summed E-state index contributed by atoms with van der Waals surface area (Å²) in [6.45, 7) is 4.18. The summed E-state index contributed by atoms with van der Waals surface area (Å²) in [7, 11) is 0. The SMILES string of the molecule is CCCCCCCC(=O)N[C@@]1(C)CCN(C(Cc2ccccc2)C(=O)O)C1=O. The summed E-state index contributed by atoms with van der Waals surface area (Å²) < 4.78 is 0. The Hall–Kier alpha value is -2.37. The molecule has 0 radical (unpaired) electrons. The lowest BCUT2D eigenvalue weighted by Gasteiger charge is -2.28. The second-order valence-electron chi connectivity index (χ2n) is 7.84. The molecule has 1 fully saturated rings. The number of hydrogen-bond acceptors (Lipinski definition) is 3. The number of benzene rings is 1. The fraction of sp³-hybridized carbons (Fsp3) is 0.591. The normalized spacial score (nSPS) is 20.2. The maximum Gasteiger partial charge on any atom is 0.326 e. The van der Waals surface area contributed by atoms with Gasteiger partial charge in [0.15, 0.2) is 0 Å². The van der Waals surface area contributed by atoms with Gasteiger partial charge in [-0.15, -0.1) is 0 Å². The average molecular weight is 389 g/mol. The highest BCUT2D eigenvalue weighted by atomic mass is 16.4. The topological polar surface area (TPSA) is 86.7 Å². The molecule has 1 heterocycles. The summed E-state index contributed by atoms with van der Waals surface area (Å²) in [5.41, 5.74) is -0.155. The molecule has 0 aliphatic carbocycles. The number of unbranched alkanes of at least 4 members (excludes halogenated alkanes) is 4. The number of hydrogen-bond donors (Lipinski definition) is 2. The zero-order valence-corrected chi connectivity index (χ0v) is 16.9.